The molecule has 3 N–H and O–H groups in total. The molecule has 2 unspecified atom stereocenters. The molecular formula is C20H28ClN5O. The number of anilines is 1. The molecule has 27 heavy (non-hydrogen) atoms. The highest BCUT2D eigenvalue weighted by Crippen LogP contribution is 2.42. The minimum absolute atomic E-state index is 0. The summed E-state index contributed by atoms with van der Waals surface area (Å²) in [6.07, 6.45) is 7.13. The Balaban J connectivity index is 0.00000210. The molecule has 6 nitrogen and oxygen atoms in total. The highest BCUT2D eigenvalue weighted by Gasteiger charge is 2.40. The number of aryl methyl sites for hydroxylation is 1. The number of benzene rings is 1. The molecule has 2 aliphatic rings. The van der Waals surface area contributed by atoms with Crippen LogP contribution in [0.2, 0.25) is 0 Å². The molecule has 7 heteroatoms. The van der Waals surface area contributed by atoms with Crippen molar-refractivity contribution in [3.8, 4) is 11.4 Å². The third-order valence-electron chi connectivity index (χ3n) is 6.17. The first-order valence-electron chi connectivity index (χ1n) is 9.71. The second kappa shape index (κ2) is 8.40. The van der Waals surface area contributed by atoms with E-state index in [1.165, 1.54) is 6.42 Å². The predicted molar refractivity (Wildman–Crippen MR) is 109 cm³/mol. The molecule has 2 aliphatic carbocycles. The molecule has 0 saturated heterocycles. The molecule has 2 aromatic rings. The lowest BCUT2D eigenvalue weighted by atomic mass is 9.65. The molecule has 2 atom stereocenters. The van der Waals surface area contributed by atoms with Gasteiger partial charge in [0.05, 0.1) is 5.69 Å². The lowest BCUT2D eigenvalue weighted by Gasteiger charge is -2.43. The SMILES string of the molecule is CCn1cnnc1-c1ccccc1NC(=O)C1CC2CCCC(C1)C2N.Cl. The van der Waals surface area contributed by atoms with Crippen molar-refractivity contribution < 1.29 is 4.79 Å². The van der Waals surface area contributed by atoms with Gasteiger partial charge in [-0.05, 0) is 56.6 Å². The van der Waals surface area contributed by atoms with Crippen molar-refractivity contribution in [1.29, 1.82) is 0 Å². The van der Waals surface area contributed by atoms with Gasteiger partial charge >= 0.3 is 0 Å². The van der Waals surface area contributed by atoms with E-state index in [1.54, 1.807) is 6.33 Å². The number of rotatable bonds is 4. The average Bonchev–Trinajstić information content (AvgIpc) is 3.10. The molecule has 2 saturated carbocycles. The van der Waals surface area contributed by atoms with Gasteiger partial charge in [-0.15, -0.1) is 22.6 Å². The third-order valence-corrected chi connectivity index (χ3v) is 6.17. The van der Waals surface area contributed by atoms with Crippen molar-refractivity contribution in [1.82, 2.24) is 14.8 Å². The molecule has 0 spiro atoms. The van der Waals surface area contributed by atoms with Crippen molar-refractivity contribution in [3.05, 3.63) is 30.6 Å². The van der Waals surface area contributed by atoms with Crippen molar-refractivity contribution in [3.63, 3.8) is 0 Å². The number of carbonyl (C=O) groups excluding carboxylic acids is 1. The van der Waals surface area contributed by atoms with Crippen LogP contribution in [0.5, 0.6) is 0 Å². The summed E-state index contributed by atoms with van der Waals surface area (Å²) in [5.41, 5.74) is 8.09. The standard InChI is InChI=1S/C20H27N5O.ClH/c1-2-25-12-22-24-19(25)16-8-3-4-9-17(16)23-20(26)15-10-13-6-5-7-14(11-15)18(13)21;/h3-4,8-9,12-15,18H,2,5-7,10-11,21H2,1H3,(H,23,26);1H. The average molecular weight is 390 g/mol. The minimum Gasteiger partial charge on any atom is -0.327 e. The maximum Gasteiger partial charge on any atom is 0.227 e. The van der Waals surface area contributed by atoms with Crippen molar-refractivity contribution in [2.45, 2.75) is 51.6 Å². The molecule has 0 radical (unpaired) electrons. The van der Waals surface area contributed by atoms with Gasteiger partial charge in [-0.3, -0.25) is 4.79 Å². The molecule has 1 amide bonds. The number of nitrogens with one attached hydrogen (secondary N) is 1. The second-order valence-corrected chi connectivity index (χ2v) is 7.67. The van der Waals surface area contributed by atoms with Crippen LogP contribution in [0.3, 0.4) is 0 Å². The number of fused-ring (bicyclic) bond motifs is 2. The number of amides is 1. The Labute approximate surface area is 166 Å². The maximum absolute atomic E-state index is 13.0. The quantitative estimate of drug-likeness (QED) is 0.838. The van der Waals surface area contributed by atoms with Crippen molar-refractivity contribution in [2.75, 3.05) is 5.32 Å². The Bertz CT molecular complexity index is 778. The zero-order chi connectivity index (χ0) is 18.1. The van der Waals surface area contributed by atoms with Crippen LogP contribution in [0.15, 0.2) is 30.6 Å². The van der Waals surface area contributed by atoms with E-state index in [9.17, 15) is 4.79 Å². The summed E-state index contributed by atoms with van der Waals surface area (Å²) in [6, 6.07) is 8.11. The molecule has 1 heterocycles. The van der Waals surface area contributed by atoms with Gasteiger partial charge < -0.3 is 15.6 Å². The first-order chi connectivity index (χ1) is 12.7. The van der Waals surface area contributed by atoms with Gasteiger partial charge in [0.1, 0.15) is 6.33 Å². The summed E-state index contributed by atoms with van der Waals surface area (Å²) < 4.78 is 1.98. The first kappa shape index (κ1) is 19.8. The van der Waals surface area contributed by atoms with Gasteiger partial charge in [-0.1, -0.05) is 18.6 Å². The van der Waals surface area contributed by atoms with Gasteiger partial charge in [0, 0.05) is 24.1 Å². The van der Waals surface area contributed by atoms with Gasteiger partial charge in [-0.25, -0.2) is 0 Å². The van der Waals surface area contributed by atoms with E-state index >= 15 is 0 Å². The van der Waals surface area contributed by atoms with E-state index in [2.05, 4.69) is 22.4 Å². The molecule has 4 rings (SSSR count). The normalized spacial score (nSPS) is 26.9. The van der Waals surface area contributed by atoms with E-state index in [1.807, 2.05) is 28.8 Å². The van der Waals surface area contributed by atoms with Crippen LogP contribution in [0.1, 0.15) is 39.0 Å². The minimum atomic E-state index is 0. The van der Waals surface area contributed by atoms with Crippen LogP contribution >= 0.6 is 12.4 Å². The van der Waals surface area contributed by atoms with E-state index in [4.69, 9.17) is 5.73 Å². The summed E-state index contributed by atoms with van der Waals surface area (Å²) in [5.74, 6) is 1.95. The summed E-state index contributed by atoms with van der Waals surface area (Å²) in [4.78, 5) is 13.0. The first-order valence-corrected chi connectivity index (χ1v) is 9.71. The van der Waals surface area contributed by atoms with Crippen LogP contribution in [-0.4, -0.2) is 26.7 Å². The second-order valence-electron chi connectivity index (χ2n) is 7.67. The molecule has 1 aromatic heterocycles. The summed E-state index contributed by atoms with van der Waals surface area (Å²) >= 11 is 0. The molecule has 0 aliphatic heterocycles. The number of halogens is 1. The Morgan fingerprint density at radius 2 is 1.96 bits per heavy atom. The van der Waals surface area contributed by atoms with E-state index in [0.29, 0.717) is 11.8 Å². The highest BCUT2D eigenvalue weighted by atomic mass is 35.5. The van der Waals surface area contributed by atoms with Crippen LogP contribution in [0.25, 0.3) is 11.4 Å². The van der Waals surface area contributed by atoms with Gasteiger partial charge in [0.25, 0.3) is 0 Å². The monoisotopic (exact) mass is 389 g/mol. The number of carbonyl (C=O) groups is 1. The summed E-state index contributed by atoms with van der Waals surface area (Å²) in [6.45, 7) is 2.84. The molecule has 146 valence electrons. The Hall–Kier alpha value is -1.92. The fourth-order valence-electron chi connectivity index (χ4n) is 4.72. The third kappa shape index (κ3) is 3.87. The topological polar surface area (TPSA) is 85.8 Å². The van der Waals surface area contributed by atoms with Gasteiger partial charge in [0.15, 0.2) is 5.82 Å². The van der Waals surface area contributed by atoms with Crippen LogP contribution in [0, 0.1) is 17.8 Å². The molecule has 1 aromatic carbocycles. The van der Waals surface area contributed by atoms with Crippen LogP contribution in [-0.2, 0) is 11.3 Å². The van der Waals surface area contributed by atoms with Crippen LogP contribution in [0.4, 0.5) is 5.69 Å². The highest BCUT2D eigenvalue weighted by molar-refractivity contribution is 5.96. The van der Waals surface area contributed by atoms with E-state index < -0.39 is 0 Å². The van der Waals surface area contributed by atoms with E-state index in [-0.39, 0.29) is 30.3 Å². The lowest BCUT2D eigenvalue weighted by molar-refractivity contribution is -0.122. The number of hydrogen-bond acceptors (Lipinski definition) is 4. The Morgan fingerprint density at radius 3 is 2.67 bits per heavy atom. The molecule has 2 bridgehead atoms. The predicted octanol–water partition coefficient (Wildman–Crippen LogP) is 3.48. The number of aromatic nitrogens is 3. The Kier molecular flexibility index (Phi) is 6.17. The Morgan fingerprint density at radius 1 is 1.26 bits per heavy atom. The van der Waals surface area contributed by atoms with Crippen molar-refractivity contribution >= 4 is 24.0 Å². The number of para-hydroxylation sites is 1. The summed E-state index contributed by atoms with van der Waals surface area (Å²) in [5, 5.41) is 11.4. The molecular weight excluding hydrogens is 362 g/mol. The maximum atomic E-state index is 13.0. The smallest absolute Gasteiger partial charge is 0.227 e. The largest absolute Gasteiger partial charge is 0.327 e. The molecule has 2 fully saturated rings. The number of nitrogens with two attached hydrogens (primary N) is 1. The fourth-order valence-corrected chi connectivity index (χ4v) is 4.72. The van der Waals surface area contributed by atoms with Gasteiger partial charge in [-0.2, -0.15) is 0 Å². The van der Waals surface area contributed by atoms with E-state index in [0.717, 1.165) is 49.3 Å². The fraction of sp³-hybridized carbons (Fsp3) is 0.550. The lowest BCUT2D eigenvalue weighted by Crippen LogP contribution is -2.48. The zero-order valence-corrected chi connectivity index (χ0v) is 16.5. The summed E-state index contributed by atoms with van der Waals surface area (Å²) in [7, 11) is 0. The van der Waals surface area contributed by atoms with Gasteiger partial charge in [0.2, 0.25) is 5.91 Å². The van der Waals surface area contributed by atoms with Crippen LogP contribution < -0.4 is 11.1 Å². The number of hydrogen-bond donors (Lipinski definition) is 2. The van der Waals surface area contributed by atoms with Crippen molar-refractivity contribution in [2.24, 2.45) is 23.5 Å². The number of nitrogens with zero attached hydrogens (tertiary/aromatic N) is 3. The zero-order valence-electron chi connectivity index (χ0n) is 15.7.